The van der Waals surface area contributed by atoms with Crippen molar-refractivity contribution in [1.82, 2.24) is 10.6 Å². The van der Waals surface area contributed by atoms with E-state index in [1.54, 1.807) is 0 Å². The lowest BCUT2D eigenvalue weighted by atomic mass is 10.2. The van der Waals surface area contributed by atoms with E-state index in [0.29, 0.717) is 18.1 Å². The lowest BCUT2D eigenvalue weighted by Gasteiger charge is -2.07. The first-order valence-electron chi connectivity index (χ1n) is 5.54. The molecule has 5 heteroatoms. The number of amides is 1. The summed E-state index contributed by atoms with van der Waals surface area (Å²) in [6.07, 6.45) is 0.949. The third-order valence-corrected chi connectivity index (χ3v) is 3.03. The van der Waals surface area contributed by atoms with Crippen molar-refractivity contribution in [2.24, 2.45) is 0 Å². The van der Waals surface area contributed by atoms with Gasteiger partial charge in [-0.3, -0.25) is 4.79 Å². The standard InChI is InChI=1S/C12H16BrClN2O/c1-2-5-16-12(17)8-15-7-9-3-4-10(13)6-11(9)14/h3-4,6,15H,2,5,7-8H2,1H3,(H,16,17). The summed E-state index contributed by atoms with van der Waals surface area (Å²) in [5, 5.41) is 6.55. The minimum Gasteiger partial charge on any atom is -0.355 e. The van der Waals surface area contributed by atoms with Gasteiger partial charge in [0, 0.05) is 22.6 Å². The Hall–Kier alpha value is -0.580. The van der Waals surface area contributed by atoms with Crippen LogP contribution in [0.1, 0.15) is 18.9 Å². The summed E-state index contributed by atoms with van der Waals surface area (Å²) in [6.45, 7) is 3.65. The Morgan fingerprint density at radius 1 is 1.47 bits per heavy atom. The van der Waals surface area contributed by atoms with Gasteiger partial charge in [-0.15, -0.1) is 0 Å². The second kappa shape index (κ2) is 7.69. The van der Waals surface area contributed by atoms with Gasteiger partial charge in [0.25, 0.3) is 0 Å². The van der Waals surface area contributed by atoms with Crippen LogP contribution >= 0.6 is 27.5 Å². The molecule has 1 amide bonds. The lowest BCUT2D eigenvalue weighted by Crippen LogP contribution is -2.33. The lowest BCUT2D eigenvalue weighted by molar-refractivity contribution is -0.120. The fourth-order valence-electron chi connectivity index (χ4n) is 1.30. The predicted molar refractivity (Wildman–Crippen MR) is 74.2 cm³/mol. The number of nitrogens with one attached hydrogen (secondary N) is 2. The third kappa shape index (κ3) is 5.52. The zero-order valence-electron chi connectivity index (χ0n) is 9.72. The van der Waals surface area contributed by atoms with Crippen LogP contribution in [-0.2, 0) is 11.3 Å². The third-order valence-electron chi connectivity index (χ3n) is 2.19. The summed E-state index contributed by atoms with van der Waals surface area (Å²) in [5.74, 6) is 0.0140. The van der Waals surface area contributed by atoms with Crippen LogP contribution in [0.15, 0.2) is 22.7 Å². The molecule has 1 aromatic carbocycles. The number of hydrogen-bond acceptors (Lipinski definition) is 2. The van der Waals surface area contributed by atoms with Gasteiger partial charge in [0.2, 0.25) is 5.91 Å². The van der Waals surface area contributed by atoms with E-state index in [4.69, 9.17) is 11.6 Å². The Kier molecular flexibility index (Phi) is 6.55. The number of halogens is 2. The summed E-state index contributed by atoms with van der Waals surface area (Å²) in [5.41, 5.74) is 0.984. The molecule has 0 spiro atoms. The van der Waals surface area contributed by atoms with Gasteiger partial charge in [0.1, 0.15) is 0 Å². The van der Waals surface area contributed by atoms with Crippen LogP contribution in [0.3, 0.4) is 0 Å². The van der Waals surface area contributed by atoms with E-state index in [1.807, 2.05) is 25.1 Å². The van der Waals surface area contributed by atoms with E-state index >= 15 is 0 Å². The van der Waals surface area contributed by atoms with Crippen molar-refractivity contribution in [1.29, 1.82) is 0 Å². The molecule has 0 heterocycles. The maximum atomic E-state index is 11.3. The first-order chi connectivity index (χ1) is 8.13. The van der Waals surface area contributed by atoms with Crippen molar-refractivity contribution in [2.75, 3.05) is 13.1 Å². The van der Waals surface area contributed by atoms with E-state index < -0.39 is 0 Å². The van der Waals surface area contributed by atoms with Crippen LogP contribution in [-0.4, -0.2) is 19.0 Å². The maximum absolute atomic E-state index is 11.3. The Balaban J connectivity index is 2.33. The van der Waals surface area contributed by atoms with Crippen LogP contribution in [0.5, 0.6) is 0 Å². The molecule has 0 radical (unpaired) electrons. The van der Waals surface area contributed by atoms with Crippen molar-refractivity contribution < 1.29 is 4.79 Å². The van der Waals surface area contributed by atoms with E-state index in [1.165, 1.54) is 0 Å². The predicted octanol–water partition coefficient (Wildman–Crippen LogP) is 2.72. The summed E-state index contributed by atoms with van der Waals surface area (Å²) in [6, 6.07) is 5.71. The molecule has 1 aromatic rings. The molecule has 0 saturated heterocycles. The number of benzene rings is 1. The number of hydrogen-bond donors (Lipinski definition) is 2. The highest BCUT2D eigenvalue weighted by Crippen LogP contribution is 2.20. The van der Waals surface area contributed by atoms with E-state index in [-0.39, 0.29) is 5.91 Å². The molecule has 0 saturated carbocycles. The van der Waals surface area contributed by atoms with Crippen molar-refractivity contribution in [3.05, 3.63) is 33.3 Å². The highest BCUT2D eigenvalue weighted by atomic mass is 79.9. The van der Waals surface area contributed by atoms with Crippen molar-refractivity contribution in [2.45, 2.75) is 19.9 Å². The topological polar surface area (TPSA) is 41.1 Å². The highest BCUT2D eigenvalue weighted by Gasteiger charge is 2.02. The van der Waals surface area contributed by atoms with Crippen LogP contribution < -0.4 is 10.6 Å². The fraction of sp³-hybridized carbons (Fsp3) is 0.417. The maximum Gasteiger partial charge on any atom is 0.233 e. The monoisotopic (exact) mass is 318 g/mol. The zero-order valence-corrected chi connectivity index (χ0v) is 12.1. The van der Waals surface area contributed by atoms with Crippen molar-refractivity contribution in [3.8, 4) is 0 Å². The van der Waals surface area contributed by atoms with Gasteiger partial charge in [-0.05, 0) is 24.1 Å². The van der Waals surface area contributed by atoms with E-state index in [2.05, 4.69) is 26.6 Å². The van der Waals surface area contributed by atoms with E-state index in [9.17, 15) is 4.79 Å². The average Bonchev–Trinajstić information content (AvgIpc) is 2.29. The Morgan fingerprint density at radius 3 is 2.88 bits per heavy atom. The molecule has 0 aliphatic carbocycles. The van der Waals surface area contributed by atoms with Crippen molar-refractivity contribution >= 4 is 33.4 Å². The highest BCUT2D eigenvalue weighted by molar-refractivity contribution is 9.10. The largest absolute Gasteiger partial charge is 0.355 e. The van der Waals surface area contributed by atoms with Crippen LogP contribution in [0, 0.1) is 0 Å². The Labute approximate surface area is 115 Å². The Morgan fingerprint density at radius 2 is 2.24 bits per heavy atom. The molecule has 1 rings (SSSR count). The molecular weight excluding hydrogens is 304 g/mol. The first kappa shape index (κ1) is 14.5. The first-order valence-corrected chi connectivity index (χ1v) is 6.72. The van der Waals surface area contributed by atoms with Gasteiger partial charge in [0.05, 0.1) is 6.54 Å². The quantitative estimate of drug-likeness (QED) is 0.846. The van der Waals surface area contributed by atoms with E-state index in [0.717, 1.165) is 23.0 Å². The summed E-state index contributed by atoms with van der Waals surface area (Å²) < 4.78 is 0.951. The number of carbonyl (C=O) groups is 1. The van der Waals surface area contributed by atoms with Gasteiger partial charge < -0.3 is 10.6 Å². The molecule has 0 bridgehead atoms. The average molecular weight is 320 g/mol. The van der Waals surface area contributed by atoms with Gasteiger partial charge in [-0.1, -0.05) is 40.5 Å². The molecule has 17 heavy (non-hydrogen) atoms. The minimum atomic E-state index is 0.0140. The zero-order chi connectivity index (χ0) is 12.7. The molecule has 94 valence electrons. The number of rotatable bonds is 6. The summed E-state index contributed by atoms with van der Waals surface area (Å²) in [7, 11) is 0. The summed E-state index contributed by atoms with van der Waals surface area (Å²) >= 11 is 9.41. The van der Waals surface area contributed by atoms with Crippen molar-refractivity contribution in [3.63, 3.8) is 0 Å². The summed E-state index contributed by atoms with van der Waals surface area (Å²) in [4.78, 5) is 11.3. The SMILES string of the molecule is CCCNC(=O)CNCc1ccc(Br)cc1Cl. The smallest absolute Gasteiger partial charge is 0.233 e. The molecule has 3 nitrogen and oxygen atoms in total. The molecule has 0 aliphatic rings. The molecule has 0 aromatic heterocycles. The fourth-order valence-corrected chi connectivity index (χ4v) is 2.04. The normalized spacial score (nSPS) is 10.3. The second-order valence-corrected chi connectivity index (χ2v) is 5.01. The van der Waals surface area contributed by atoms with Crippen LogP contribution in [0.25, 0.3) is 0 Å². The minimum absolute atomic E-state index is 0.0140. The molecule has 0 unspecified atom stereocenters. The Bertz CT molecular complexity index is 385. The molecule has 2 N–H and O–H groups in total. The molecule has 0 fully saturated rings. The second-order valence-electron chi connectivity index (χ2n) is 3.69. The molecule has 0 atom stereocenters. The van der Waals surface area contributed by atoms with Crippen LogP contribution in [0.4, 0.5) is 0 Å². The van der Waals surface area contributed by atoms with Crippen LogP contribution in [0.2, 0.25) is 5.02 Å². The van der Waals surface area contributed by atoms with Gasteiger partial charge >= 0.3 is 0 Å². The van der Waals surface area contributed by atoms with Gasteiger partial charge in [-0.25, -0.2) is 0 Å². The molecular formula is C12H16BrClN2O. The number of carbonyl (C=O) groups excluding carboxylic acids is 1. The molecule has 0 aliphatic heterocycles. The van der Waals surface area contributed by atoms with Gasteiger partial charge in [-0.2, -0.15) is 0 Å². The van der Waals surface area contributed by atoms with Gasteiger partial charge in [0.15, 0.2) is 0 Å².